The van der Waals surface area contributed by atoms with Crippen molar-refractivity contribution in [3.8, 4) is 0 Å². The summed E-state index contributed by atoms with van der Waals surface area (Å²) in [5.74, 6) is 1.37. The molecule has 1 aliphatic heterocycles. The summed E-state index contributed by atoms with van der Waals surface area (Å²) in [5, 5.41) is 4.17. The number of piperidine rings is 1. The predicted octanol–water partition coefficient (Wildman–Crippen LogP) is 4.58. The standard InChI is InChI=1S/C23H27N3O2S/c1-17-3-5-19(6-4-17)16-24-23-10-7-20-15-21(8-9-22(20)25-23)29(27,28)26-13-11-18(2)12-14-26/h3-10,15,18H,11-14,16H2,1-2H3,(H,24,25). The molecule has 4 rings (SSSR count). The average Bonchev–Trinajstić information content (AvgIpc) is 2.73. The molecule has 0 amide bonds. The Labute approximate surface area is 172 Å². The first-order valence-corrected chi connectivity index (χ1v) is 11.6. The van der Waals surface area contributed by atoms with Crippen molar-refractivity contribution in [1.29, 1.82) is 0 Å². The highest BCUT2D eigenvalue weighted by Gasteiger charge is 2.28. The van der Waals surface area contributed by atoms with Crippen LogP contribution in [0.5, 0.6) is 0 Å². The average molecular weight is 410 g/mol. The number of nitrogens with one attached hydrogen (secondary N) is 1. The highest BCUT2D eigenvalue weighted by Crippen LogP contribution is 2.26. The van der Waals surface area contributed by atoms with Crippen LogP contribution in [0.2, 0.25) is 0 Å². The van der Waals surface area contributed by atoms with Gasteiger partial charge in [0.2, 0.25) is 10.0 Å². The Balaban J connectivity index is 1.51. The summed E-state index contributed by atoms with van der Waals surface area (Å²) in [5.41, 5.74) is 3.21. The van der Waals surface area contributed by atoms with E-state index in [4.69, 9.17) is 0 Å². The van der Waals surface area contributed by atoms with E-state index < -0.39 is 10.0 Å². The maximum atomic E-state index is 13.0. The Hall–Kier alpha value is -2.44. The van der Waals surface area contributed by atoms with Gasteiger partial charge in [-0.2, -0.15) is 4.31 Å². The molecule has 0 aliphatic carbocycles. The molecule has 3 aromatic rings. The highest BCUT2D eigenvalue weighted by molar-refractivity contribution is 7.89. The van der Waals surface area contributed by atoms with Gasteiger partial charge in [0.25, 0.3) is 0 Å². The van der Waals surface area contributed by atoms with E-state index in [1.807, 2.05) is 12.1 Å². The number of aromatic nitrogens is 1. The van der Waals surface area contributed by atoms with E-state index in [0.29, 0.717) is 30.4 Å². The van der Waals surface area contributed by atoms with Crippen LogP contribution in [0.25, 0.3) is 10.9 Å². The summed E-state index contributed by atoms with van der Waals surface area (Å²) < 4.78 is 27.6. The van der Waals surface area contributed by atoms with Crippen LogP contribution in [0.1, 0.15) is 30.9 Å². The van der Waals surface area contributed by atoms with Gasteiger partial charge in [-0.1, -0.05) is 36.8 Å². The van der Waals surface area contributed by atoms with Crippen LogP contribution in [0.3, 0.4) is 0 Å². The zero-order valence-corrected chi connectivity index (χ0v) is 17.7. The molecule has 152 valence electrons. The minimum Gasteiger partial charge on any atom is -0.366 e. The number of pyridine rings is 1. The maximum absolute atomic E-state index is 13.0. The van der Waals surface area contributed by atoms with Crippen LogP contribution in [-0.2, 0) is 16.6 Å². The number of aryl methyl sites for hydroxylation is 1. The molecule has 2 aromatic carbocycles. The summed E-state index contributed by atoms with van der Waals surface area (Å²) in [6.07, 6.45) is 1.84. The van der Waals surface area contributed by atoms with Crippen LogP contribution < -0.4 is 5.32 Å². The third-order valence-corrected chi connectivity index (χ3v) is 7.53. The fourth-order valence-corrected chi connectivity index (χ4v) is 5.14. The normalized spacial score (nSPS) is 16.2. The van der Waals surface area contributed by atoms with Crippen LogP contribution in [-0.4, -0.2) is 30.8 Å². The van der Waals surface area contributed by atoms with Crippen molar-refractivity contribution in [3.63, 3.8) is 0 Å². The Morgan fingerprint density at radius 1 is 1.03 bits per heavy atom. The van der Waals surface area contributed by atoms with Gasteiger partial charge in [0, 0.05) is 25.0 Å². The Kier molecular flexibility index (Phi) is 5.56. The lowest BCUT2D eigenvalue weighted by Crippen LogP contribution is -2.37. The number of hydrogen-bond donors (Lipinski definition) is 1. The van der Waals surface area contributed by atoms with Crippen molar-refractivity contribution < 1.29 is 8.42 Å². The molecule has 0 unspecified atom stereocenters. The van der Waals surface area contributed by atoms with Crippen LogP contribution >= 0.6 is 0 Å². The fourth-order valence-electron chi connectivity index (χ4n) is 3.64. The Bertz CT molecular complexity index is 1100. The maximum Gasteiger partial charge on any atom is 0.243 e. The highest BCUT2D eigenvalue weighted by atomic mass is 32.2. The van der Waals surface area contributed by atoms with Crippen LogP contribution in [0.4, 0.5) is 5.82 Å². The van der Waals surface area contributed by atoms with E-state index >= 15 is 0 Å². The summed E-state index contributed by atoms with van der Waals surface area (Å²) in [7, 11) is -3.45. The minimum atomic E-state index is -3.45. The second-order valence-corrected chi connectivity index (χ2v) is 9.91. The van der Waals surface area contributed by atoms with Gasteiger partial charge in [-0.25, -0.2) is 13.4 Å². The third kappa shape index (κ3) is 4.43. The largest absolute Gasteiger partial charge is 0.366 e. The lowest BCUT2D eigenvalue weighted by Gasteiger charge is -2.29. The van der Waals surface area contributed by atoms with E-state index in [1.165, 1.54) is 11.1 Å². The number of rotatable bonds is 5. The number of anilines is 1. The topological polar surface area (TPSA) is 62.3 Å². The van der Waals surface area contributed by atoms with Gasteiger partial charge in [0.1, 0.15) is 5.82 Å². The molecule has 0 radical (unpaired) electrons. The van der Waals surface area contributed by atoms with Gasteiger partial charge in [0.15, 0.2) is 0 Å². The third-order valence-electron chi connectivity index (χ3n) is 5.64. The zero-order chi connectivity index (χ0) is 20.4. The molecule has 1 aliphatic rings. The zero-order valence-electron chi connectivity index (χ0n) is 16.9. The van der Waals surface area contributed by atoms with E-state index in [9.17, 15) is 8.42 Å². The fraction of sp³-hybridized carbons (Fsp3) is 0.348. The SMILES string of the molecule is Cc1ccc(CNc2ccc3cc(S(=O)(=O)N4CCC(C)CC4)ccc3n2)cc1. The molecule has 6 heteroatoms. The monoisotopic (exact) mass is 409 g/mol. The second kappa shape index (κ2) is 8.13. The van der Waals surface area contributed by atoms with E-state index in [2.05, 4.69) is 48.4 Å². The van der Waals surface area contributed by atoms with Gasteiger partial charge >= 0.3 is 0 Å². The molecular weight excluding hydrogens is 382 g/mol. The molecule has 0 atom stereocenters. The van der Waals surface area contributed by atoms with Crippen LogP contribution in [0, 0.1) is 12.8 Å². The predicted molar refractivity (Wildman–Crippen MR) is 117 cm³/mol. The molecule has 1 saturated heterocycles. The van der Waals surface area contributed by atoms with Gasteiger partial charge in [-0.15, -0.1) is 0 Å². The van der Waals surface area contributed by atoms with Gasteiger partial charge in [0.05, 0.1) is 10.4 Å². The molecule has 0 bridgehead atoms. The summed E-state index contributed by atoms with van der Waals surface area (Å²) in [6, 6.07) is 17.4. The number of sulfonamides is 1. The lowest BCUT2D eigenvalue weighted by molar-refractivity contribution is 0.288. The number of nitrogens with zero attached hydrogens (tertiary/aromatic N) is 2. The lowest BCUT2D eigenvalue weighted by atomic mass is 10.0. The number of benzene rings is 2. The first-order chi connectivity index (χ1) is 13.9. The van der Waals surface area contributed by atoms with E-state index in [-0.39, 0.29) is 0 Å². The summed E-state index contributed by atoms with van der Waals surface area (Å²) >= 11 is 0. The quantitative estimate of drug-likeness (QED) is 0.670. The first kappa shape index (κ1) is 19.9. The minimum absolute atomic E-state index is 0.349. The van der Waals surface area contributed by atoms with Crippen molar-refractivity contribution in [3.05, 3.63) is 65.7 Å². The van der Waals surface area contributed by atoms with Gasteiger partial charge in [-0.05, 0) is 61.6 Å². The number of hydrogen-bond acceptors (Lipinski definition) is 4. The first-order valence-electron chi connectivity index (χ1n) is 10.1. The molecule has 29 heavy (non-hydrogen) atoms. The molecule has 1 fully saturated rings. The van der Waals surface area contributed by atoms with Crippen molar-refractivity contribution in [2.45, 2.75) is 38.1 Å². The Morgan fingerprint density at radius 2 is 1.76 bits per heavy atom. The molecule has 1 aromatic heterocycles. The molecular formula is C23H27N3O2S. The Morgan fingerprint density at radius 3 is 2.48 bits per heavy atom. The molecule has 1 N–H and O–H groups in total. The summed E-state index contributed by atoms with van der Waals surface area (Å²) in [6.45, 7) is 6.14. The molecule has 5 nitrogen and oxygen atoms in total. The number of fused-ring (bicyclic) bond motifs is 1. The second-order valence-electron chi connectivity index (χ2n) is 7.98. The smallest absolute Gasteiger partial charge is 0.243 e. The van der Waals surface area contributed by atoms with Crippen molar-refractivity contribution in [1.82, 2.24) is 9.29 Å². The van der Waals surface area contributed by atoms with Crippen molar-refractivity contribution in [2.24, 2.45) is 5.92 Å². The van der Waals surface area contributed by atoms with E-state index in [0.717, 1.165) is 29.6 Å². The van der Waals surface area contributed by atoms with Crippen molar-refractivity contribution in [2.75, 3.05) is 18.4 Å². The molecule has 2 heterocycles. The van der Waals surface area contributed by atoms with Gasteiger partial charge < -0.3 is 5.32 Å². The van der Waals surface area contributed by atoms with Gasteiger partial charge in [-0.3, -0.25) is 0 Å². The summed E-state index contributed by atoms with van der Waals surface area (Å²) in [4.78, 5) is 4.98. The van der Waals surface area contributed by atoms with Crippen molar-refractivity contribution >= 4 is 26.7 Å². The molecule has 0 saturated carbocycles. The van der Waals surface area contributed by atoms with Crippen LogP contribution in [0.15, 0.2) is 59.5 Å². The van der Waals surface area contributed by atoms with E-state index in [1.54, 1.807) is 22.5 Å². The molecule has 0 spiro atoms.